The lowest BCUT2D eigenvalue weighted by Gasteiger charge is -2.26. The van der Waals surface area contributed by atoms with Gasteiger partial charge in [0.2, 0.25) is 0 Å². The van der Waals surface area contributed by atoms with Gasteiger partial charge in [-0.05, 0) is 38.1 Å². The number of hydrogen-bond acceptors (Lipinski definition) is 7. The van der Waals surface area contributed by atoms with Gasteiger partial charge in [-0.15, -0.1) is 11.3 Å². The van der Waals surface area contributed by atoms with Gasteiger partial charge in [-0.25, -0.2) is 9.37 Å². The summed E-state index contributed by atoms with van der Waals surface area (Å²) in [5.41, 5.74) is 2.47. The largest absolute Gasteiger partial charge is 0.359 e. The number of piperazine rings is 1. The lowest BCUT2D eigenvalue weighted by molar-refractivity contribution is 0.0939. The van der Waals surface area contributed by atoms with Gasteiger partial charge in [-0.2, -0.15) is 0 Å². The van der Waals surface area contributed by atoms with E-state index in [1.807, 2.05) is 13.8 Å². The molecule has 9 heteroatoms. The van der Waals surface area contributed by atoms with Gasteiger partial charge in [0.15, 0.2) is 5.76 Å². The normalized spacial score (nSPS) is 14.9. The minimum atomic E-state index is -0.313. The van der Waals surface area contributed by atoms with Crippen LogP contribution < -0.4 is 10.6 Å². The van der Waals surface area contributed by atoms with E-state index in [4.69, 9.17) is 4.52 Å². The predicted molar refractivity (Wildman–Crippen MR) is 114 cm³/mol. The van der Waals surface area contributed by atoms with E-state index < -0.39 is 0 Å². The smallest absolute Gasteiger partial charge is 0.270 e. The number of benzene rings is 1. The van der Waals surface area contributed by atoms with Crippen molar-refractivity contribution in [3.05, 3.63) is 46.9 Å². The molecule has 0 atom stereocenters. The van der Waals surface area contributed by atoms with Gasteiger partial charge in [0, 0.05) is 43.2 Å². The summed E-state index contributed by atoms with van der Waals surface area (Å²) in [5.74, 6) is 0.170. The molecule has 4 rings (SSSR count). The molecule has 158 valence electrons. The number of nitrogens with one attached hydrogen (secondary N) is 2. The highest BCUT2D eigenvalue weighted by atomic mass is 32.1. The van der Waals surface area contributed by atoms with Crippen molar-refractivity contribution in [3.8, 4) is 21.8 Å². The zero-order valence-electron chi connectivity index (χ0n) is 16.9. The maximum absolute atomic E-state index is 13.4. The van der Waals surface area contributed by atoms with Crippen LogP contribution >= 0.6 is 11.3 Å². The Labute approximate surface area is 178 Å². The van der Waals surface area contributed by atoms with E-state index >= 15 is 0 Å². The summed E-state index contributed by atoms with van der Waals surface area (Å²) in [6.45, 7) is 8.07. The van der Waals surface area contributed by atoms with Crippen LogP contribution in [0.15, 0.2) is 34.2 Å². The van der Waals surface area contributed by atoms with E-state index in [0.29, 0.717) is 28.7 Å². The molecule has 2 aromatic heterocycles. The van der Waals surface area contributed by atoms with Gasteiger partial charge < -0.3 is 15.2 Å². The number of amides is 1. The third-order valence-electron chi connectivity index (χ3n) is 4.83. The highest BCUT2D eigenvalue weighted by Gasteiger charge is 2.25. The average Bonchev–Trinajstić information content (AvgIpc) is 3.36. The molecule has 1 aliphatic rings. The lowest BCUT2D eigenvalue weighted by Crippen LogP contribution is -2.42. The minimum Gasteiger partial charge on any atom is -0.359 e. The quantitative estimate of drug-likeness (QED) is 0.626. The summed E-state index contributed by atoms with van der Waals surface area (Å²) in [6, 6.07) is 6.16. The van der Waals surface area contributed by atoms with Gasteiger partial charge >= 0.3 is 0 Å². The molecule has 1 aliphatic heterocycles. The number of halogens is 1. The van der Waals surface area contributed by atoms with Crippen LogP contribution in [0, 0.1) is 5.82 Å². The van der Waals surface area contributed by atoms with Crippen molar-refractivity contribution in [1.82, 2.24) is 25.7 Å². The molecule has 1 saturated heterocycles. The molecular weight excluding hydrogens is 405 g/mol. The third-order valence-corrected chi connectivity index (χ3v) is 5.69. The summed E-state index contributed by atoms with van der Waals surface area (Å²) >= 11 is 1.37. The van der Waals surface area contributed by atoms with Crippen LogP contribution in [-0.2, 0) is 6.54 Å². The fourth-order valence-electron chi connectivity index (χ4n) is 3.36. The van der Waals surface area contributed by atoms with Gasteiger partial charge in [0.25, 0.3) is 5.91 Å². The molecule has 30 heavy (non-hydrogen) atoms. The number of carbonyl (C=O) groups is 1. The molecule has 1 aromatic carbocycles. The van der Waals surface area contributed by atoms with Gasteiger partial charge in [-0.3, -0.25) is 9.69 Å². The molecule has 1 fully saturated rings. The van der Waals surface area contributed by atoms with Crippen LogP contribution in [0.3, 0.4) is 0 Å². The number of aromatic nitrogens is 2. The van der Waals surface area contributed by atoms with Crippen molar-refractivity contribution in [2.75, 3.05) is 26.2 Å². The first-order chi connectivity index (χ1) is 14.5. The number of hydrogen-bond donors (Lipinski definition) is 2. The van der Waals surface area contributed by atoms with E-state index in [2.05, 4.69) is 25.7 Å². The highest BCUT2D eigenvalue weighted by molar-refractivity contribution is 7.13. The van der Waals surface area contributed by atoms with E-state index in [1.165, 1.54) is 23.5 Å². The summed E-state index contributed by atoms with van der Waals surface area (Å²) in [7, 11) is 0. The average molecular weight is 430 g/mol. The summed E-state index contributed by atoms with van der Waals surface area (Å²) in [5, 5.41) is 12.9. The zero-order chi connectivity index (χ0) is 21.1. The molecule has 2 N–H and O–H groups in total. The van der Waals surface area contributed by atoms with Crippen LogP contribution in [0.25, 0.3) is 21.8 Å². The van der Waals surface area contributed by atoms with Gasteiger partial charge in [0.05, 0.1) is 12.1 Å². The second-order valence-electron chi connectivity index (χ2n) is 7.53. The highest BCUT2D eigenvalue weighted by Crippen LogP contribution is 2.37. The van der Waals surface area contributed by atoms with Crippen molar-refractivity contribution in [3.63, 3.8) is 0 Å². The standard InChI is InChI=1S/C21H24FN5O2S/c1-13(2)24-20(28)16-12-30-21(25-16)18-17(11-27-9-7-23-8-10-27)29-26-19(18)14-3-5-15(22)6-4-14/h3-6,12-13,23H,7-11H2,1-2H3,(H,24,28). The Bertz CT molecular complexity index is 1010. The van der Waals surface area contributed by atoms with Crippen molar-refractivity contribution >= 4 is 17.2 Å². The Morgan fingerprint density at radius 2 is 2.03 bits per heavy atom. The zero-order valence-corrected chi connectivity index (χ0v) is 17.8. The molecule has 3 aromatic rings. The molecule has 0 spiro atoms. The van der Waals surface area contributed by atoms with Crippen LogP contribution in [0.4, 0.5) is 4.39 Å². The van der Waals surface area contributed by atoms with Crippen molar-refractivity contribution in [2.24, 2.45) is 0 Å². The van der Waals surface area contributed by atoms with Crippen molar-refractivity contribution in [1.29, 1.82) is 0 Å². The minimum absolute atomic E-state index is 0.0243. The Morgan fingerprint density at radius 3 is 2.73 bits per heavy atom. The van der Waals surface area contributed by atoms with E-state index in [0.717, 1.165) is 37.3 Å². The third kappa shape index (κ3) is 4.58. The summed E-state index contributed by atoms with van der Waals surface area (Å²) < 4.78 is 19.2. The Hall–Kier alpha value is -2.62. The second kappa shape index (κ2) is 9.03. The molecule has 0 radical (unpaired) electrons. The van der Waals surface area contributed by atoms with Crippen LogP contribution in [-0.4, -0.2) is 53.2 Å². The fourth-order valence-corrected chi connectivity index (χ4v) is 4.22. The SMILES string of the molecule is CC(C)NC(=O)c1csc(-c2c(-c3ccc(F)cc3)noc2CN2CCNCC2)n1. The molecule has 3 heterocycles. The second-order valence-corrected chi connectivity index (χ2v) is 8.39. The van der Waals surface area contributed by atoms with Gasteiger partial charge in [-0.1, -0.05) is 5.16 Å². The lowest BCUT2D eigenvalue weighted by atomic mass is 10.1. The monoisotopic (exact) mass is 429 g/mol. The van der Waals surface area contributed by atoms with Crippen molar-refractivity contribution < 1.29 is 13.7 Å². The maximum atomic E-state index is 13.4. The topological polar surface area (TPSA) is 83.3 Å². The number of thiazole rings is 1. The molecule has 0 saturated carbocycles. The number of carbonyl (C=O) groups excluding carboxylic acids is 1. The van der Waals surface area contributed by atoms with E-state index in [-0.39, 0.29) is 17.8 Å². The van der Waals surface area contributed by atoms with Crippen LogP contribution in [0.1, 0.15) is 30.1 Å². The molecule has 0 unspecified atom stereocenters. The first-order valence-corrected chi connectivity index (χ1v) is 10.8. The van der Waals surface area contributed by atoms with E-state index in [1.54, 1.807) is 17.5 Å². The summed E-state index contributed by atoms with van der Waals surface area (Å²) in [4.78, 5) is 19.2. The Morgan fingerprint density at radius 1 is 1.30 bits per heavy atom. The van der Waals surface area contributed by atoms with Gasteiger partial charge in [0.1, 0.15) is 22.2 Å². The molecular formula is C21H24FN5O2S. The number of nitrogens with zero attached hydrogens (tertiary/aromatic N) is 3. The van der Waals surface area contributed by atoms with E-state index in [9.17, 15) is 9.18 Å². The van der Waals surface area contributed by atoms with Crippen LogP contribution in [0.2, 0.25) is 0 Å². The Kier molecular flexibility index (Phi) is 6.21. The molecule has 0 bridgehead atoms. The predicted octanol–water partition coefficient (Wildman–Crippen LogP) is 3.15. The number of rotatable bonds is 6. The molecule has 1 amide bonds. The fraction of sp³-hybridized carbons (Fsp3) is 0.381. The van der Waals surface area contributed by atoms with Crippen LogP contribution in [0.5, 0.6) is 0 Å². The first-order valence-electron chi connectivity index (χ1n) is 9.95. The van der Waals surface area contributed by atoms with Crippen molar-refractivity contribution in [2.45, 2.75) is 26.4 Å². The first kappa shape index (κ1) is 20.6. The summed E-state index contributed by atoms with van der Waals surface area (Å²) in [6.07, 6.45) is 0. The maximum Gasteiger partial charge on any atom is 0.270 e. The molecule has 0 aliphatic carbocycles. The molecule has 7 nitrogen and oxygen atoms in total. The Balaban J connectivity index is 1.71.